The molecule has 0 atom stereocenters. The number of aryl methyl sites for hydroxylation is 1. The Morgan fingerprint density at radius 1 is 0.444 bits per heavy atom. The minimum absolute atomic E-state index is 0.0919. The molecule has 0 spiro atoms. The van der Waals surface area contributed by atoms with E-state index < -0.39 is 11.6 Å². The van der Waals surface area contributed by atoms with Crippen LogP contribution in [0.1, 0.15) is 111 Å². The highest BCUT2D eigenvalue weighted by Gasteiger charge is 2.17. The van der Waals surface area contributed by atoms with Gasteiger partial charge in [0, 0.05) is 11.1 Å². The van der Waals surface area contributed by atoms with Crippen LogP contribution in [0.2, 0.25) is 5.02 Å². The maximum absolute atomic E-state index is 13.1. The molecule has 0 aliphatic heterocycles. The van der Waals surface area contributed by atoms with Crippen LogP contribution < -0.4 is 0 Å². The fraction of sp³-hybridized carbons (Fsp3) is 0.415. The van der Waals surface area contributed by atoms with E-state index in [4.69, 9.17) is 11.6 Å². The van der Waals surface area contributed by atoms with Crippen molar-refractivity contribution in [2.75, 3.05) is 0 Å². The summed E-state index contributed by atoms with van der Waals surface area (Å²) in [6, 6.07) is 27.2. The number of hydrogen-bond donors (Lipinski definition) is 0. The predicted molar refractivity (Wildman–Crippen MR) is 190 cm³/mol. The van der Waals surface area contributed by atoms with Gasteiger partial charge in [-0.25, -0.2) is 13.2 Å². The van der Waals surface area contributed by atoms with Crippen LogP contribution in [-0.2, 0) is 21.7 Å². The number of benzene rings is 4. The van der Waals surface area contributed by atoms with Crippen LogP contribution in [0.4, 0.5) is 13.2 Å². The van der Waals surface area contributed by atoms with Gasteiger partial charge in [-0.15, -0.1) is 0 Å². The highest BCUT2D eigenvalue weighted by molar-refractivity contribution is 6.30. The van der Waals surface area contributed by atoms with E-state index in [0.717, 1.165) is 16.7 Å². The first kappa shape index (κ1) is 40.0. The van der Waals surface area contributed by atoms with Crippen molar-refractivity contribution in [2.45, 2.75) is 112 Å². The van der Waals surface area contributed by atoms with Crippen molar-refractivity contribution < 1.29 is 13.2 Å². The van der Waals surface area contributed by atoms with Crippen molar-refractivity contribution in [3.8, 4) is 0 Å². The summed E-state index contributed by atoms with van der Waals surface area (Å²) < 4.78 is 38.5. The topological polar surface area (TPSA) is 0 Å². The fourth-order valence-corrected chi connectivity index (χ4v) is 4.31. The van der Waals surface area contributed by atoms with E-state index in [1.807, 2.05) is 71.9 Å². The summed E-state index contributed by atoms with van der Waals surface area (Å²) in [5, 5.41) is 0.817. The molecular weight excluding hydrogens is 585 g/mol. The van der Waals surface area contributed by atoms with Gasteiger partial charge in [0.15, 0.2) is 0 Å². The largest absolute Gasteiger partial charge is 0.207 e. The second kappa shape index (κ2) is 16.5. The lowest BCUT2D eigenvalue weighted by Crippen LogP contribution is -2.12. The van der Waals surface area contributed by atoms with Gasteiger partial charge in [0.25, 0.3) is 0 Å². The number of halogens is 4. The molecule has 45 heavy (non-hydrogen) atoms. The molecule has 0 fully saturated rings. The summed E-state index contributed by atoms with van der Waals surface area (Å²) in [5.41, 5.74) is 5.69. The molecule has 0 amide bonds. The third kappa shape index (κ3) is 15.2. The van der Waals surface area contributed by atoms with Crippen molar-refractivity contribution in [1.29, 1.82) is 0 Å². The summed E-state index contributed by atoms with van der Waals surface area (Å²) in [7, 11) is 0. The average molecular weight is 639 g/mol. The summed E-state index contributed by atoms with van der Waals surface area (Å²) in [6.07, 6.45) is 0. The van der Waals surface area contributed by atoms with Gasteiger partial charge in [-0.05, 0) is 81.2 Å². The van der Waals surface area contributed by atoms with Crippen LogP contribution in [0, 0.1) is 24.4 Å². The van der Waals surface area contributed by atoms with Crippen LogP contribution in [0.5, 0.6) is 0 Å². The molecule has 0 nitrogen and oxygen atoms in total. The Kier molecular flexibility index (Phi) is 14.7. The standard InChI is InChI=1S/C11H16.C10H13Cl.C10H12F2.C10H13F/c1-9-6-5-7-10(8-9)11(2,3)4;1-10(2,3)8-5-4-6-9(11)7-8;1-10(2,3)7-4-8(11)6-9(12)5-7;1-10(2,3)8-6-4-5-7-9(8)11/h5-8H,1-4H3;4-7H,1-3H3;4-6H,1-3H3;4-7H,1-3H3. The molecule has 0 aliphatic carbocycles. The fourth-order valence-electron chi connectivity index (χ4n) is 4.12. The molecule has 0 saturated carbocycles. The van der Waals surface area contributed by atoms with E-state index in [1.54, 1.807) is 6.07 Å². The van der Waals surface area contributed by atoms with Crippen molar-refractivity contribution >= 4 is 11.6 Å². The second-order valence-electron chi connectivity index (χ2n) is 15.5. The van der Waals surface area contributed by atoms with Crippen LogP contribution in [0.25, 0.3) is 0 Å². The first-order chi connectivity index (χ1) is 20.4. The van der Waals surface area contributed by atoms with Gasteiger partial charge < -0.3 is 0 Å². The minimum atomic E-state index is -0.514. The van der Waals surface area contributed by atoms with Crippen molar-refractivity contribution in [1.82, 2.24) is 0 Å². The monoisotopic (exact) mass is 638 g/mol. The van der Waals surface area contributed by atoms with Crippen molar-refractivity contribution in [3.05, 3.63) is 141 Å². The number of rotatable bonds is 0. The van der Waals surface area contributed by atoms with Crippen molar-refractivity contribution in [2.24, 2.45) is 0 Å². The molecule has 0 radical (unpaired) electrons. The van der Waals surface area contributed by atoms with Gasteiger partial charge in [-0.2, -0.15) is 0 Å². The van der Waals surface area contributed by atoms with E-state index in [9.17, 15) is 13.2 Å². The highest BCUT2D eigenvalue weighted by atomic mass is 35.5. The van der Waals surface area contributed by atoms with E-state index in [2.05, 4.69) is 78.8 Å². The third-order valence-corrected chi connectivity index (χ3v) is 7.22. The Balaban J connectivity index is 0.000000300. The van der Waals surface area contributed by atoms with Crippen molar-refractivity contribution in [3.63, 3.8) is 0 Å². The summed E-state index contributed by atoms with van der Waals surface area (Å²) in [4.78, 5) is 0. The number of hydrogen-bond acceptors (Lipinski definition) is 0. The van der Waals surface area contributed by atoms with Crippen LogP contribution >= 0.6 is 11.6 Å². The maximum atomic E-state index is 13.1. The SMILES string of the molecule is CC(C)(C)c1cc(F)cc(F)c1.CC(C)(C)c1cccc(Cl)c1.CC(C)(C)c1ccccc1F.Cc1cccc(C(C)(C)C)c1. The lowest BCUT2D eigenvalue weighted by molar-refractivity contribution is 0.523. The summed E-state index contributed by atoms with van der Waals surface area (Å²) in [6.45, 7) is 27.2. The smallest absolute Gasteiger partial charge is 0.126 e. The predicted octanol–water partition coefficient (Wildman–Crippen LogP) is 13.3. The quantitative estimate of drug-likeness (QED) is 0.180. The third-order valence-electron chi connectivity index (χ3n) is 6.99. The molecule has 4 rings (SSSR count). The van der Waals surface area contributed by atoms with E-state index >= 15 is 0 Å². The zero-order valence-electron chi connectivity index (χ0n) is 29.7. The molecule has 246 valence electrons. The van der Waals surface area contributed by atoms with Gasteiger partial charge >= 0.3 is 0 Å². The Hall–Kier alpha value is -3.04. The Bertz CT molecular complexity index is 1400. The van der Waals surface area contributed by atoms with Crippen LogP contribution in [-0.4, -0.2) is 0 Å². The molecule has 0 N–H and O–H groups in total. The van der Waals surface area contributed by atoms with Crippen LogP contribution in [0.3, 0.4) is 0 Å². The lowest BCUT2D eigenvalue weighted by atomic mass is 9.86. The molecule has 0 aliphatic rings. The summed E-state index contributed by atoms with van der Waals surface area (Å²) >= 11 is 5.85. The van der Waals surface area contributed by atoms with Gasteiger partial charge in [-0.1, -0.05) is 155 Å². The van der Waals surface area contributed by atoms with Gasteiger partial charge in [0.2, 0.25) is 0 Å². The zero-order valence-corrected chi connectivity index (χ0v) is 30.4. The van der Waals surface area contributed by atoms with E-state index in [0.29, 0.717) is 5.56 Å². The average Bonchev–Trinajstić information content (AvgIpc) is 2.87. The Morgan fingerprint density at radius 3 is 1.22 bits per heavy atom. The lowest BCUT2D eigenvalue weighted by Gasteiger charge is -2.19. The molecule has 4 aromatic carbocycles. The minimum Gasteiger partial charge on any atom is -0.207 e. The maximum Gasteiger partial charge on any atom is 0.126 e. The first-order valence-electron chi connectivity index (χ1n) is 15.5. The molecule has 4 heteroatoms. The van der Waals surface area contributed by atoms with E-state index in [1.165, 1.54) is 34.9 Å². The molecule has 0 heterocycles. The molecular formula is C41H54ClF3. The molecule has 0 unspecified atom stereocenters. The molecule has 0 bridgehead atoms. The van der Waals surface area contributed by atoms with E-state index in [-0.39, 0.29) is 27.5 Å². The Morgan fingerprint density at radius 2 is 0.889 bits per heavy atom. The molecule has 4 aromatic rings. The molecule has 0 aromatic heterocycles. The van der Waals surface area contributed by atoms with Gasteiger partial charge in [0.1, 0.15) is 17.5 Å². The van der Waals surface area contributed by atoms with Gasteiger partial charge in [0.05, 0.1) is 0 Å². The first-order valence-corrected chi connectivity index (χ1v) is 15.8. The summed E-state index contributed by atoms with van der Waals surface area (Å²) in [5.74, 6) is -1.14. The zero-order chi connectivity index (χ0) is 34.8. The van der Waals surface area contributed by atoms with Crippen LogP contribution in [0.15, 0.2) is 91.0 Å². The molecule has 0 saturated heterocycles. The normalized spacial score (nSPS) is 11.7. The second-order valence-corrected chi connectivity index (χ2v) is 16.0. The Labute approximate surface area is 277 Å². The van der Waals surface area contributed by atoms with Gasteiger partial charge in [-0.3, -0.25) is 0 Å². The highest BCUT2D eigenvalue weighted by Crippen LogP contribution is 2.26.